The maximum Gasteiger partial charge on any atom is 0.334 e. The number of rotatable bonds is 13. The van der Waals surface area contributed by atoms with Crippen LogP contribution >= 0.6 is 0 Å². The third kappa shape index (κ3) is 7.30. The molecule has 220 valence electrons. The monoisotopic (exact) mass is 578 g/mol. The van der Waals surface area contributed by atoms with E-state index >= 15 is 0 Å². The first-order chi connectivity index (χ1) is 20.0. The molecule has 1 aliphatic heterocycles. The van der Waals surface area contributed by atoms with Gasteiger partial charge in [-0.05, 0) is 45.0 Å². The molecule has 0 aliphatic carbocycles. The molecule has 0 aromatic heterocycles. The molecule has 0 bridgehead atoms. The fraction of sp³-hybridized carbons (Fsp3) is 0.276. The van der Waals surface area contributed by atoms with Crippen LogP contribution in [0, 0.1) is 21.4 Å². The molecular weight excluding hydrogens is 548 g/mol. The van der Waals surface area contributed by atoms with Crippen LogP contribution in [0.4, 0.5) is 5.69 Å². The van der Waals surface area contributed by atoms with E-state index in [-0.39, 0.29) is 52.7 Å². The summed E-state index contributed by atoms with van der Waals surface area (Å²) in [5.41, 5.74) is -0.359. The summed E-state index contributed by atoms with van der Waals surface area (Å²) < 4.78 is 11.6. The zero-order valence-corrected chi connectivity index (χ0v) is 23.0. The van der Waals surface area contributed by atoms with Crippen molar-refractivity contribution < 1.29 is 39.3 Å². The number of nitrogens with zero attached hydrogens (tertiary/aromatic N) is 2. The lowest BCUT2D eigenvalue weighted by Crippen LogP contribution is -2.40. The van der Waals surface area contributed by atoms with E-state index in [9.17, 15) is 40.3 Å². The van der Waals surface area contributed by atoms with E-state index in [4.69, 9.17) is 9.47 Å². The van der Waals surface area contributed by atoms with Crippen LogP contribution in [0.25, 0.3) is 0 Å². The second-order valence-corrected chi connectivity index (χ2v) is 9.27. The van der Waals surface area contributed by atoms with E-state index in [1.807, 2.05) is 6.07 Å². The van der Waals surface area contributed by atoms with Gasteiger partial charge in [0.05, 0.1) is 27.6 Å². The number of allylic oxidation sites excluding steroid dienone is 3. The fourth-order valence-electron chi connectivity index (χ4n) is 4.50. The average molecular weight is 579 g/mol. The number of nitro benzene ring substituents is 1. The largest absolute Gasteiger partial charge is 0.489 e. The first kappa shape index (κ1) is 31.3. The van der Waals surface area contributed by atoms with Gasteiger partial charge in [-0.2, -0.15) is 5.26 Å². The first-order valence-corrected chi connectivity index (χ1v) is 12.7. The number of carboxylic acid groups (broad SMARTS) is 2. The zero-order chi connectivity index (χ0) is 31.0. The third-order valence-corrected chi connectivity index (χ3v) is 6.35. The highest BCUT2D eigenvalue weighted by molar-refractivity contribution is 5.98. The van der Waals surface area contributed by atoms with Crippen molar-refractivity contribution in [3.8, 4) is 17.6 Å². The topological polar surface area (TPSA) is 204 Å². The van der Waals surface area contributed by atoms with E-state index in [0.29, 0.717) is 11.3 Å². The Morgan fingerprint density at radius 2 is 1.79 bits per heavy atom. The number of benzene rings is 2. The Bertz CT molecular complexity index is 1470. The second-order valence-electron chi connectivity index (χ2n) is 9.27. The number of para-hydroxylation sites is 1. The molecule has 0 fully saturated rings. The number of hydrogen-bond acceptors (Lipinski definition) is 10. The van der Waals surface area contributed by atoms with Crippen molar-refractivity contribution in [2.75, 3.05) is 13.2 Å². The van der Waals surface area contributed by atoms with Gasteiger partial charge in [-0.15, -0.1) is 0 Å². The number of nitro groups is 1. The van der Waals surface area contributed by atoms with Gasteiger partial charge in [-0.25, -0.2) is 9.59 Å². The number of carbonyl (C=O) groups is 2. The minimum Gasteiger partial charge on any atom is -0.489 e. The maximum absolute atomic E-state index is 12.3. The summed E-state index contributed by atoms with van der Waals surface area (Å²) in [5, 5.41) is 57.1. The number of aliphatic carboxylic acids is 2. The number of nitrogens with one attached hydrogen (secondary N) is 2. The van der Waals surface area contributed by atoms with Crippen LogP contribution in [0.3, 0.4) is 0 Å². The molecule has 2 unspecified atom stereocenters. The third-order valence-electron chi connectivity index (χ3n) is 6.35. The van der Waals surface area contributed by atoms with Crippen molar-refractivity contribution in [2.45, 2.75) is 39.0 Å². The minimum atomic E-state index is -1.40. The molecule has 2 aromatic carbocycles. The maximum atomic E-state index is 12.3. The van der Waals surface area contributed by atoms with E-state index in [1.165, 1.54) is 19.9 Å². The Labute approximate surface area is 241 Å². The highest BCUT2D eigenvalue weighted by Crippen LogP contribution is 2.43. The Morgan fingerprint density at radius 1 is 1.14 bits per heavy atom. The Balaban J connectivity index is 1.93. The number of carboxylic acids is 2. The molecule has 0 spiro atoms. The zero-order valence-electron chi connectivity index (χ0n) is 23.0. The molecule has 0 amide bonds. The van der Waals surface area contributed by atoms with E-state index < -0.39 is 35.1 Å². The predicted octanol–water partition coefficient (Wildman–Crippen LogP) is 3.18. The van der Waals surface area contributed by atoms with Crippen LogP contribution in [-0.2, 0) is 9.59 Å². The fourth-order valence-corrected chi connectivity index (χ4v) is 4.50. The van der Waals surface area contributed by atoms with Gasteiger partial charge in [0, 0.05) is 35.6 Å². The molecule has 13 nitrogen and oxygen atoms in total. The van der Waals surface area contributed by atoms with Crippen molar-refractivity contribution in [1.82, 2.24) is 10.6 Å². The second kappa shape index (κ2) is 13.9. The lowest BCUT2D eigenvalue weighted by Gasteiger charge is -2.30. The van der Waals surface area contributed by atoms with Crippen LogP contribution in [0.2, 0.25) is 0 Å². The van der Waals surface area contributed by atoms with Gasteiger partial charge >= 0.3 is 11.9 Å². The highest BCUT2D eigenvalue weighted by Gasteiger charge is 2.39. The van der Waals surface area contributed by atoms with E-state index in [2.05, 4.69) is 10.6 Å². The molecule has 0 radical (unpaired) electrons. The minimum absolute atomic E-state index is 0.00473. The van der Waals surface area contributed by atoms with Gasteiger partial charge < -0.3 is 30.1 Å². The van der Waals surface area contributed by atoms with Crippen LogP contribution in [0.1, 0.15) is 37.8 Å². The predicted molar refractivity (Wildman–Crippen MR) is 150 cm³/mol. The summed E-state index contributed by atoms with van der Waals surface area (Å²) in [6.45, 7) is 4.46. The number of hydrogen-bond donors (Lipinski definition) is 5. The summed E-state index contributed by atoms with van der Waals surface area (Å²) in [5.74, 6) is -3.90. The molecule has 1 aliphatic rings. The summed E-state index contributed by atoms with van der Waals surface area (Å²) in [7, 11) is 0. The van der Waals surface area contributed by atoms with Gasteiger partial charge in [-0.3, -0.25) is 15.4 Å². The molecule has 1 heterocycles. The number of nitriles is 1. The van der Waals surface area contributed by atoms with Gasteiger partial charge in [0.1, 0.15) is 30.3 Å². The first-order valence-electron chi connectivity index (χ1n) is 12.7. The van der Waals surface area contributed by atoms with Gasteiger partial charge in [0.25, 0.3) is 5.69 Å². The molecule has 42 heavy (non-hydrogen) atoms. The number of ether oxygens (including phenoxy) is 2. The smallest absolute Gasteiger partial charge is 0.334 e. The average Bonchev–Trinajstić information content (AvgIpc) is 2.94. The summed E-state index contributed by atoms with van der Waals surface area (Å²) in [6.07, 6.45) is 1.28. The number of non-ortho nitro benzene ring substituents is 1. The van der Waals surface area contributed by atoms with Crippen molar-refractivity contribution >= 4 is 17.6 Å². The Kier molecular flexibility index (Phi) is 10.4. The van der Waals surface area contributed by atoms with Crippen molar-refractivity contribution in [2.24, 2.45) is 0 Å². The number of dihydropyridines is 1. The summed E-state index contributed by atoms with van der Waals surface area (Å²) in [6, 6.07) is 12.1. The van der Waals surface area contributed by atoms with Crippen LogP contribution < -0.4 is 20.1 Å². The number of aliphatic hydroxyl groups is 1. The lowest BCUT2D eigenvalue weighted by atomic mass is 9.80. The quantitative estimate of drug-likeness (QED) is 0.101. The molecule has 5 N–H and O–H groups in total. The highest BCUT2D eigenvalue weighted by atomic mass is 16.6. The van der Waals surface area contributed by atoms with Crippen molar-refractivity contribution in [3.63, 3.8) is 0 Å². The molecule has 0 saturated carbocycles. The summed E-state index contributed by atoms with van der Waals surface area (Å²) in [4.78, 5) is 35.5. The molecule has 2 atom stereocenters. The standard InChI is InChI=1S/C29H30N4O9/c1-4-7-24(31-14-20(34)15-41-22-9-6-5-8-18(22)13-30)42-23-11-10-19(33(39)40)12-21(23)27-25(28(35)36)16(2)32-17(3)26(27)29(37)38/h4-12,20,24,27,31-32,34H,14-15H2,1-3H3,(H,35,36)(H,37,38)/b7-4+. The van der Waals surface area contributed by atoms with Crippen LogP contribution in [0.5, 0.6) is 11.5 Å². The van der Waals surface area contributed by atoms with Crippen molar-refractivity contribution in [1.29, 1.82) is 5.26 Å². The van der Waals surface area contributed by atoms with Crippen molar-refractivity contribution in [3.05, 3.63) is 98.4 Å². The lowest BCUT2D eigenvalue weighted by molar-refractivity contribution is -0.385. The molecule has 0 saturated heterocycles. The van der Waals surface area contributed by atoms with Gasteiger partial charge in [-0.1, -0.05) is 18.2 Å². The van der Waals surface area contributed by atoms with Gasteiger partial charge in [0.15, 0.2) is 6.23 Å². The van der Waals surface area contributed by atoms with E-state index in [0.717, 1.165) is 12.1 Å². The SMILES string of the molecule is C/C=C/C(NCC(O)COc1ccccc1C#N)Oc1ccc([N+](=O)[O-])cc1C1C(C(=O)O)=C(C)NC(C)=C1C(=O)O. The molecular formula is C29H30N4O9. The molecule has 3 rings (SSSR count). The Morgan fingerprint density at radius 3 is 2.36 bits per heavy atom. The van der Waals surface area contributed by atoms with Crippen LogP contribution in [0.15, 0.2) is 77.2 Å². The summed E-state index contributed by atoms with van der Waals surface area (Å²) >= 11 is 0. The van der Waals surface area contributed by atoms with Gasteiger partial charge in [0.2, 0.25) is 0 Å². The number of aliphatic hydroxyl groups excluding tert-OH is 1. The normalized spacial score (nSPS) is 15.1. The Hall–Kier alpha value is -5.19. The van der Waals surface area contributed by atoms with Crippen LogP contribution in [-0.4, -0.2) is 57.7 Å². The molecule has 2 aromatic rings. The van der Waals surface area contributed by atoms with E-state index in [1.54, 1.807) is 43.3 Å². The molecule has 13 heteroatoms.